The van der Waals surface area contributed by atoms with Crippen LogP contribution in [0.4, 0.5) is 16.3 Å². The van der Waals surface area contributed by atoms with E-state index >= 15 is 0 Å². The average molecular weight is 592 g/mol. The molecule has 0 spiro atoms. The third kappa shape index (κ3) is 6.21. The van der Waals surface area contributed by atoms with Crippen LogP contribution in [0.3, 0.4) is 0 Å². The summed E-state index contributed by atoms with van der Waals surface area (Å²) in [6.45, 7) is 4.73. The fraction of sp³-hybridized carbons (Fsp3) is 0.538. The highest BCUT2D eigenvalue weighted by Crippen LogP contribution is 2.39. The van der Waals surface area contributed by atoms with Gasteiger partial charge in [-0.15, -0.1) is 10.2 Å². The molecule has 2 fully saturated rings. The molecule has 1 aromatic carbocycles. The number of hydrogen-bond acceptors (Lipinski definition) is 11. The van der Waals surface area contributed by atoms with E-state index in [9.17, 15) is 12.8 Å². The van der Waals surface area contributed by atoms with E-state index in [1.54, 1.807) is 27.7 Å². The van der Waals surface area contributed by atoms with Gasteiger partial charge in [-0.3, -0.25) is 9.29 Å². The molecule has 5 rings (SSSR count). The number of benzene rings is 1. The zero-order chi connectivity index (χ0) is 29.1. The Morgan fingerprint density at radius 2 is 1.80 bits per heavy atom. The van der Waals surface area contributed by atoms with Crippen molar-refractivity contribution >= 4 is 21.9 Å². The minimum atomic E-state index is -4.08. The summed E-state index contributed by atoms with van der Waals surface area (Å²) in [5.41, 5.74) is 0.441. The monoisotopic (exact) mass is 591 g/mol. The lowest BCUT2D eigenvalue weighted by atomic mass is 10.1. The maximum atomic E-state index is 14.0. The lowest BCUT2D eigenvalue weighted by Gasteiger charge is -2.37. The normalized spacial score (nSPS) is 21.3. The number of anilines is 2. The van der Waals surface area contributed by atoms with Crippen molar-refractivity contribution in [3.05, 3.63) is 42.2 Å². The van der Waals surface area contributed by atoms with E-state index in [1.807, 2.05) is 13.8 Å². The Morgan fingerprint density at radius 3 is 2.41 bits per heavy atom. The van der Waals surface area contributed by atoms with Gasteiger partial charge in [0.25, 0.3) is 0 Å². The van der Waals surface area contributed by atoms with Crippen molar-refractivity contribution in [1.82, 2.24) is 24.7 Å². The molecule has 0 radical (unpaired) electrons. The van der Waals surface area contributed by atoms with Crippen LogP contribution in [0, 0.1) is 5.82 Å². The van der Waals surface area contributed by atoms with Crippen molar-refractivity contribution < 1.29 is 31.8 Å². The molecule has 13 nitrogen and oxygen atoms in total. The first-order valence-corrected chi connectivity index (χ1v) is 14.9. The fourth-order valence-corrected chi connectivity index (χ4v) is 6.58. The van der Waals surface area contributed by atoms with Crippen LogP contribution in [-0.2, 0) is 19.5 Å². The second-order valence-corrected chi connectivity index (χ2v) is 12.1. The molecule has 3 aromatic rings. The molecular formula is C26H34FN7O6S. The summed E-state index contributed by atoms with van der Waals surface area (Å²) in [7, 11) is -1.05. The van der Waals surface area contributed by atoms with Crippen LogP contribution in [0.2, 0.25) is 0 Å². The highest BCUT2D eigenvalue weighted by molar-refractivity contribution is 7.93. The number of methoxy groups -OCH3 is 2. The van der Waals surface area contributed by atoms with E-state index in [2.05, 4.69) is 24.9 Å². The molecule has 2 aromatic heterocycles. The molecule has 0 saturated carbocycles. The first-order valence-electron chi connectivity index (χ1n) is 13.4. The predicted molar refractivity (Wildman–Crippen MR) is 148 cm³/mol. The second-order valence-electron chi connectivity index (χ2n) is 10.1. The molecule has 0 unspecified atom stereocenters. The summed E-state index contributed by atoms with van der Waals surface area (Å²) < 4.78 is 68.8. The number of nitrogens with one attached hydrogen (secondary N) is 1. The van der Waals surface area contributed by atoms with Crippen molar-refractivity contribution in [3.63, 3.8) is 0 Å². The number of sulfonamides is 1. The molecule has 15 heteroatoms. The summed E-state index contributed by atoms with van der Waals surface area (Å²) in [6.07, 6.45) is 2.89. The van der Waals surface area contributed by atoms with Gasteiger partial charge in [-0.1, -0.05) is 6.07 Å². The lowest BCUT2D eigenvalue weighted by Crippen LogP contribution is -2.51. The summed E-state index contributed by atoms with van der Waals surface area (Å²) in [5.74, 6) is 0.896. The minimum Gasteiger partial charge on any atom is -0.494 e. The molecule has 2 aliphatic rings. The molecular weight excluding hydrogens is 557 g/mol. The Morgan fingerprint density at radius 1 is 1.10 bits per heavy atom. The van der Waals surface area contributed by atoms with Gasteiger partial charge in [-0.2, -0.15) is 0 Å². The third-order valence-corrected chi connectivity index (χ3v) is 8.62. The van der Waals surface area contributed by atoms with Gasteiger partial charge in [0.1, 0.15) is 28.5 Å². The van der Waals surface area contributed by atoms with Gasteiger partial charge in [0, 0.05) is 19.7 Å². The zero-order valence-electron chi connectivity index (χ0n) is 23.4. The lowest BCUT2D eigenvalue weighted by molar-refractivity contribution is 0.00147. The van der Waals surface area contributed by atoms with E-state index in [4.69, 9.17) is 18.9 Å². The van der Waals surface area contributed by atoms with Crippen molar-refractivity contribution in [2.24, 2.45) is 0 Å². The Kier molecular flexibility index (Phi) is 8.56. The average Bonchev–Trinajstić information content (AvgIpc) is 3.62. The maximum absolute atomic E-state index is 14.0. The van der Waals surface area contributed by atoms with Crippen molar-refractivity contribution in [3.8, 4) is 17.2 Å². The number of nitrogens with zero attached hydrogens (tertiary/aromatic N) is 6. The fourth-order valence-electron chi connectivity index (χ4n) is 5.18. The summed E-state index contributed by atoms with van der Waals surface area (Å²) in [4.78, 5) is 9.80. The largest absolute Gasteiger partial charge is 0.494 e. The van der Waals surface area contributed by atoms with Crippen LogP contribution in [0.15, 0.2) is 30.6 Å². The number of halogens is 1. The molecule has 41 heavy (non-hydrogen) atoms. The first kappa shape index (κ1) is 29.0. The summed E-state index contributed by atoms with van der Waals surface area (Å²) in [6, 6.07) is 5.25. The molecule has 222 valence electrons. The number of para-hydroxylation sites is 1. The van der Waals surface area contributed by atoms with Gasteiger partial charge < -0.3 is 23.8 Å². The molecule has 2 aliphatic heterocycles. The Hall–Kier alpha value is -3.56. The maximum Gasteiger partial charge on any atom is 0.243 e. The number of hydrogen-bond donors (Lipinski definition) is 1. The minimum absolute atomic E-state index is 0.0326. The third-order valence-electron chi connectivity index (χ3n) is 6.93. The van der Waals surface area contributed by atoms with E-state index < -0.39 is 27.2 Å². The summed E-state index contributed by atoms with van der Waals surface area (Å²) in [5, 5.41) is 7.64. The topological polar surface area (TPSA) is 143 Å². The summed E-state index contributed by atoms with van der Waals surface area (Å²) >= 11 is 0. The van der Waals surface area contributed by atoms with E-state index in [0.717, 1.165) is 18.8 Å². The van der Waals surface area contributed by atoms with Crippen molar-refractivity contribution in [2.75, 3.05) is 43.5 Å². The Balaban J connectivity index is 1.52. The van der Waals surface area contributed by atoms with Crippen molar-refractivity contribution in [1.29, 1.82) is 0 Å². The van der Waals surface area contributed by atoms with Gasteiger partial charge >= 0.3 is 0 Å². The number of rotatable bonds is 10. The number of ether oxygens (including phenoxy) is 4. The van der Waals surface area contributed by atoms with Crippen molar-refractivity contribution in [2.45, 2.75) is 56.7 Å². The van der Waals surface area contributed by atoms with Crippen LogP contribution in [0.1, 0.15) is 45.0 Å². The molecule has 2 saturated heterocycles. The number of aromatic nitrogens is 5. The standard InChI is InChI=1S/C26H34FN7O6S/c1-16(2)40-18-11-19(15-33(14-18)25-28-12-17(27)13-29-25)41(35,36)32-26-31-30-24(22-9-6-10-39-22)34(26)23-20(37-3)7-5-8-21(23)38-4/h5,7-8,12-13,16,18-19,22H,6,9-11,14-15H2,1-4H3,(H,31,32)/t18-,19+,22-/m1/s1. The van der Waals surface area contributed by atoms with Crippen LogP contribution in [0.5, 0.6) is 11.5 Å². The van der Waals surface area contributed by atoms with E-state index in [0.29, 0.717) is 42.6 Å². The predicted octanol–water partition coefficient (Wildman–Crippen LogP) is 2.88. The van der Waals surface area contributed by atoms with Crippen LogP contribution < -0.4 is 19.1 Å². The highest BCUT2D eigenvalue weighted by Gasteiger charge is 2.39. The van der Waals surface area contributed by atoms with Gasteiger partial charge in [0.05, 0.1) is 38.8 Å². The SMILES string of the molecule is COc1cccc(OC)c1-n1c(NS(=O)(=O)[C@H]2C[C@@H](OC(C)C)CN(c3ncc(F)cn3)C2)nnc1[C@H]1CCCO1. The van der Waals surface area contributed by atoms with Gasteiger partial charge in [0.15, 0.2) is 11.6 Å². The molecule has 4 heterocycles. The molecule has 0 bridgehead atoms. The smallest absolute Gasteiger partial charge is 0.243 e. The number of piperidine rings is 1. The van der Waals surface area contributed by atoms with Crippen LogP contribution in [-0.4, -0.2) is 84.5 Å². The van der Waals surface area contributed by atoms with Gasteiger partial charge in [-0.05, 0) is 45.2 Å². The van der Waals surface area contributed by atoms with Gasteiger partial charge in [-0.25, -0.2) is 22.8 Å². The van der Waals surface area contributed by atoms with E-state index in [1.165, 1.54) is 14.2 Å². The highest BCUT2D eigenvalue weighted by atomic mass is 32.2. The second kappa shape index (κ2) is 12.1. The Bertz CT molecular complexity index is 1420. The molecule has 3 atom stereocenters. The van der Waals surface area contributed by atoms with Gasteiger partial charge in [0.2, 0.25) is 21.9 Å². The van der Waals surface area contributed by atoms with E-state index in [-0.39, 0.29) is 37.1 Å². The molecule has 0 amide bonds. The quantitative estimate of drug-likeness (QED) is 0.372. The first-order chi connectivity index (χ1) is 19.7. The molecule has 0 aliphatic carbocycles. The Labute approximate surface area is 238 Å². The molecule has 1 N–H and O–H groups in total. The van der Waals surface area contributed by atoms with Crippen LogP contribution in [0.25, 0.3) is 5.69 Å². The van der Waals surface area contributed by atoms with Crippen LogP contribution >= 0.6 is 0 Å². The zero-order valence-corrected chi connectivity index (χ0v) is 24.2.